The largest absolute Gasteiger partial charge is 0.497 e. The molecule has 0 bridgehead atoms. The summed E-state index contributed by atoms with van der Waals surface area (Å²) in [4.78, 5) is 9.47. The predicted molar refractivity (Wildman–Crippen MR) is 175 cm³/mol. The highest BCUT2D eigenvalue weighted by atomic mass is 16.5. The molecule has 2 aliphatic rings. The van der Waals surface area contributed by atoms with Gasteiger partial charge in [-0.05, 0) is 111 Å². The van der Waals surface area contributed by atoms with Crippen LogP contribution in [0, 0.1) is 6.92 Å². The van der Waals surface area contributed by atoms with Gasteiger partial charge >= 0.3 is 0 Å². The van der Waals surface area contributed by atoms with E-state index in [1.54, 1.807) is 21.3 Å². The van der Waals surface area contributed by atoms with Crippen molar-refractivity contribution in [3.8, 4) is 17.2 Å². The van der Waals surface area contributed by atoms with Crippen LogP contribution >= 0.6 is 0 Å². The van der Waals surface area contributed by atoms with Crippen LogP contribution in [-0.4, -0.2) is 42.7 Å². The lowest BCUT2D eigenvalue weighted by Crippen LogP contribution is -2.15. The molecular weight excluding hydrogens is 554 g/mol. The van der Waals surface area contributed by atoms with Crippen molar-refractivity contribution in [2.24, 2.45) is 10.2 Å². The molecule has 0 saturated carbocycles. The predicted octanol–water partition coefficient (Wildman–Crippen LogP) is 6.86. The number of aryl methyl sites for hydroxylation is 3. The summed E-state index contributed by atoms with van der Waals surface area (Å²) in [6.07, 6.45) is 5.76. The zero-order valence-corrected chi connectivity index (χ0v) is 25.5. The fraction of sp³-hybridized carbons (Fsp3) is 0.294. The molecule has 1 aromatic heterocycles. The molecule has 6 rings (SSSR count). The van der Waals surface area contributed by atoms with Crippen LogP contribution in [0.2, 0.25) is 0 Å². The van der Waals surface area contributed by atoms with Crippen LogP contribution < -0.4 is 30.4 Å². The molecule has 2 aliphatic carbocycles. The highest BCUT2D eigenvalue weighted by Gasteiger charge is 2.18. The second kappa shape index (κ2) is 13.0. The number of nitrogens with zero attached hydrogens (tertiary/aromatic N) is 4. The third-order valence-electron chi connectivity index (χ3n) is 7.90. The fourth-order valence-electron chi connectivity index (χ4n) is 5.67. The van der Waals surface area contributed by atoms with Gasteiger partial charge in [-0.15, -0.1) is 0 Å². The van der Waals surface area contributed by atoms with Gasteiger partial charge in [0.1, 0.15) is 17.2 Å². The van der Waals surface area contributed by atoms with Crippen LogP contribution in [0.25, 0.3) is 0 Å². The molecule has 0 atom stereocenters. The number of hydrazone groups is 2. The van der Waals surface area contributed by atoms with Crippen LogP contribution in [0.5, 0.6) is 17.2 Å². The summed E-state index contributed by atoms with van der Waals surface area (Å²) in [6, 6.07) is 20.0. The maximum Gasteiger partial charge on any atom is 0.231 e. The zero-order chi connectivity index (χ0) is 30.5. The maximum absolute atomic E-state index is 5.58. The number of methoxy groups -OCH3 is 3. The summed E-state index contributed by atoms with van der Waals surface area (Å²) in [6.45, 7) is 2.03. The average molecular weight is 592 g/mol. The molecule has 1 heterocycles. The molecule has 44 heavy (non-hydrogen) atoms. The molecule has 0 radical (unpaired) electrons. The van der Waals surface area contributed by atoms with Crippen molar-refractivity contribution < 1.29 is 14.2 Å². The molecule has 0 amide bonds. The minimum absolute atomic E-state index is 0.379. The molecule has 0 unspecified atom stereocenters. The van der Waals surface area contributed by atoms with Crippen molar-refractivity contribution in [3.63, 3.8) is 0 Å². The summed E-state index contributed by atoms with van der Waals surface area (Å²) >= 11 is 0. The third kappa shape index (κ3) is 6.44. The first kappa shape index (κ1) is 29.0. The lowest BCUT2D eigenvalue weighted by Gasteiger charge is -2.19. The highest BCUT2D eigenvalue weighted by molar-refractivity contribution is 6.04. The standard InChI is InChI=1S/C34H37N7O3/c1-21-11-16-31(44-4)30(17-21)35-34-36-32(40-38-28-9-5-7-22-18-24(42-2)12-14-26(22)28)20-33(37-34)41-39-29-10-6-8-23-19-25(43-3)13-15-27(23)29/h11-20H,5-10H2,1-4H3,(H3,35,36,37,40,41). The summed E-state index contributed by atoms with van der Waals surface area (Å²) in [5.41, 5.74) is 14.9. The van der Waals surface area contributed by atoms with Crippen LogP contribution in [0.1, 0.15) is 53.5 Å². The Balaban J connectivity index is 1.32. The number of aromatic nitrogens is 2. The lowest BCUT2D eigenvalue weighted by molar-refractivity contribution is 0.414. The van der Waals surface area contributed by atoms with Gasteiger partial charge in [0.15, 0.2) is 11.6 Å². The molecule has 10 nitrogen and oxygen atoms in total. The number of hydrogen-bond acceptors (Lipinski definition) is 10. The Morgan fingerprint density at radius 1 is 0.636 bits per heavy atom. The van der Waals surface area contributed by atoms with Gasteiger partial charge < -0.3 is 19.5 Å². The molecule has 4 aromatic rings. The molecule has 3 aromatic carbocycles. The molecule has 3 N–H and O–H groups in total. The Kier molecular flexibility index (Phi) is 8.58. The minimum Gasteiger partial charge on any atom is -0.497 e. The number of hydrogen-bond donors (Lipinski definition) is 3. The van der Waals surface area contributed by atoms with E-state index < -0.39 is 0 Å². The maximum atomic E-state index is 5.58. The summed E-state index contributed by atoms with van der Waals surface area (Å²) in [5, 5.41) is 12.9. The zero-order valence-electron chi connectivity index (χ0n) is 25.5. The van der Waals surface area contributed by atoms with E-state index in [2.05, 4.69) is 40.4 Å². The first-order valence-electron chi connectivity index (χ1n) is 14.8. The van der Waals surface area contributed by atoms with Gasteiger partial charge in [-0.1, -0.05) is 6.07 Å². The highest BCUT2D eigenvalue weighted by Crippen LogP contribution is 2.30. The minimum atomic E-state index is 0.379. The number of ether oxygens (including phenoxy) is 3. The normalized spacial score (nSPS) is 15.7. The Morgan fingerprint density at radius 3 is 1.73 bits per heavy atom. The van der Waals surface area contributed by atoms with Crippen molar-refractivity contribution >= 4 is 34.7 Å². The van der Waals surface area contributed by atoms with E-state index in [0.29, 0.717) is 23.3 Å². The number of rotatable bonds is 9. The molecule has 0 aliphatic heterocycles. The van der Waals surface area contributed by atoms with E-state index in [-0.39, 0.29) is 0 Å². The van der Waals surface area contributed by atoms with Crippen LogP contribution in [0.15, 0.2) is 70.9 Å². The number of anilines is 4. The first-order chi connectivity index (χ1) is 21.5. The Hall–Kier alpha value is -5.12. The number of fused-ring (bicyclic) bond motifs is 2. The van der Waals surface area contributed by atoms with Crippen LogP contribution in [0.4, 0.5) is 23.3 Å². The van der Waals surface area contributed by atoms with Gasteiger partial charge in [-0.3, -0.25) is 10.9 Å². The smallest absolute Gasteiger partial charge is 0.231 e. The topological polar surface area (TPSA) is 114 Å². The van der Waals surface area contributed by atoms with E-state index in [1.807, 2.05) is 43.3 Å². The van der Waals surface area contributed by atoms with E-state index in [9.17, 15) is 0 Å². The Morgan fingerprint density at radius 2 is 1.20 bits per heavy atom. The average Bonchev–Trinajstić information content (AvgIpc) is 3.05. The van der Waals surface area contributed by atoms with Crippen molar-refractivity contribution in [2.45, 2.75) is 45.4 Å². The van der Waals surface area contributed by atoms with Gasteiger partial charge in [0, 0.05) is 17.2 Å². The monoisotopic (exact) mass is 591 g/mol. The summed E-state index contributed by atoms with van der Waals surface area (Å²) < 4.78 is 16.4. The fourth-order valence-corrected chi connectivity index (χ4v) is 5.67. The van der Waals surface area contributed by atoms with E-state index in [4.69, 9.17) is 34.4 Å². The SMILES string of the molecule is COc1ccc2c(c1)CCCC2=NNc1cc(NN=C2CCCc3cc(OC)ccc32)nc(Nc2cc(C)ccc2OC)n1. The number of nitrogens with one attached hydrogen (secondary N) is 3. The van der Waals surface area contributed by atoms with Gasteiger partial charge in [0.25, 0.3) is 0 Å². The second-order valence-electron chi connectivity index (χ2n) is 10.9. The third-order valence-corrected chi connectivity index (χ3v) is 7.90. The van der Waals surface area contributed by atoms with Gasteiger partial charge in [-0.25, -0.2) is 0 Å². The second-order valence-corrected chi connectivity index (χ2v) is 10.9. The Bertz CT molecular complexity index is 1640. The van der Waals surface area contributed by atoms with Crippen molar-refractivity contribution in [1.82, 2.24) is 9.97 Å². The van der Waals surface area contributed by atoms with Gasteiger partial charge in [-0.2, -0.15) is 20.2 Å². The van der Waals surface area contributed by atoms with Crippen molar-refractivity contribution in [3.05, 3.63) is 88.5 Å². The van der Waals surface area contributed by atoms with E-state index >= 15 is 0 Å². The molecule has 10 heteroatoms. The van der Waals surface area contributed by atoms with E-state index in [1.165, 1.54) is 11.1 Å². The first-order valence-corrected chi connectivity index (χ1v) is 14.8. The lowest BCUT2D eigenvalue weighted by atomic mass is 9.90. The summed E-state index contributed by atoms with van der Waals surface area (Å²) in [7, 11) is 5.02. The quantitative estimate of drug-likeness (QED) is 0.181. The van der Waals surface area contributed by atoms with Gasteiger partial charge in [0.2, 0.25) is 5.95 Å². The molecule has 226 valence electrons. The molecule has 0 saturated heterocycles. The molecule has 0 spiro atoms. The van der Waals surface area contributed by atoms with Crippen molar-refractivity contribution in [1.29, 1.82) is 0 Å². The summed E-state index contributed by atoms with van der Waals surface area (Å²) in [5.74, 6) is 3.83. The van der Waals surface area contributed by atoms with Crippen LogP contribution in [-0.2, 0) is 12.8 Å². The van der Waals surface area contributed by atoms with E-state index in [0.717, 1.165) is 83.8 Å². The Labute approximate surface area is 257 Å². The van der Waals surface area contributed by atoms with Crippen LogP contribution in [0.3, 0.4) is 0 Å². The molecular formula is C34H37N7O3. The molecule has 0 fully saturated rings. The van der Waals surface area contributed by atoms with Gasteiger partial charge in [0.05, 0.1) is 38.4 Å². The number of benzene rings is 3. The van der Waals surface area contributed by atoms with Crippen molar-refractivity contribution in [2.75, 3.05) is 37.5 Å².